The van der Waals surface area contributed by atoms with Crippen LogP contribution in [0.4, 0.5) is 5.69 Å². The third-order valence-corrected chi connectivity index (χ3v) is 3.77. The van der Waals surface area contributed by atoms with Crippen molar-refractivity contribution in [3.05, 3.63) is 45.9 Å². The van der Waals surface area contributed by atoms with Crippen molar-refractivity contribution >= 4 is 17.0 Å². The van der Waals surface area contributed by atoms with Crippen LogP contribution in [0.25, 0.3) is 0 Å². The highest BCUT2D eigenvalue weighted by Gasteiger charge is 2.09. The molecule has 2 rings (SSSR count). The maximum absolute atomic E-state index is 5.76. The summed E-state index contributed by atoms with van der Waals surface area (Å²) in [4.78, 5) is 7.80. The Balaban J connectivity index is 2.20. The molecule has 0 fully saturated rings. The number of thiazole rings is 1. The van der Waals surface area contributed by atoms with E-state index in [0.717, 1.165) is 12.2 Å². The molecule has 0 spiro atoms. The van der Waals surface area contributed by atoms with Crippen molar-refractivity contribution < 1.29 is 0 Å². The van der Waals surface area contributed by atoms with Crippen LogP contribution in [0.5, 0.6) is 0 Å². The normalized spacial score (nSPS) is 10.5. The van der Waals surface area contributed by atoms with Crippen molar-refractivity contribution in [3.8, 4) is 0 Å². The van der Waals surface area contributed by atoms with E-state index < -0.39 is 0 Å². The molecular formula is C13H17N3S. The van der Waals surface area contributed by atoms with E-state index in [9.17, 15) is 0 Å². The van der Waals surface area contributed by atoms with Crippen LogP contribution in [0.1, 0.15) is 16.1 Å². The Morgan fingerprint density at radius 2 is 2.12 bits per heavy atom. The molecule has 0 aliphatic carbocycles. The average Bonchev–Trinajstić information content (AvgIpc) is 2.75. The van der Waals surface area contributed by atoms with E-state index in [4.69, 9.17) is 5.73 Å². The van der Waals surface area contributed by atoms with Gasteiger partial charge in [0.25, 0.3) is 0 Å². The number of anilines is 1. The molecule has 0 bridgehead atoms. The summed E-state index contributed by atoms with van der Waals surface area (Å²) >= 11 is 1.70. The SMILES string of the molecule is Cc1ncsc1CN(C)c1ccccc1CN. The van der Waals surface area contributed by atoms with Crippen LogP contribution in [-0.2, 0) is 13.1 Å². The number of aryl methyl sites for hydroxylation is 1. The van der Waals surface area contributed by atoms with Gasteiger partial charge in [-0.1, -0.05) is 18.2 Å². The predicted molar refractivity (Wildman–Crippen MR) is 73.3 cm³/mol. The predicted octanol–water partition coefficient (Wildman–Crippen LogP) is 2.55. The Morgan fingerprint density at radius 1 is 1.35 bits per heavy atom. The number of hydrogen-bond donors (Lipinski definition) is 1. The zero-order chi connectivity index (χ0) is 12.3. The molecule has 17 heavy (non-hydrogen) atoms. The van der Waals surface area contributed by atoms with E-state index in [1.165, 1.54) is 16.1 Å². The van der Waals surface area contributed by atoms with Gasteiger partial charge in [0.2, 0.25) is 0 Å². The van der Waals surface area contributed by atoms with Gasteiger partial charge in [0, 0.05) is 24.2 Å². The summed E-state index contributed by atoms with van der Waals surface area (Å²) in [5.41, 5.74) is 11.1. The number of nitrogens with two attached hydrogens (primary N) is 1. The van der Waals surface area contributed by atoms with Gasteiger partial charge in [-0.3, -0.25) is 0 Å². The number of rotatable bonds is 4. The second kappa shape index (κ2) is 5.29. The lowest BCUT2D eigenvalue weighted by Gasteiger charge is -2.21. The summed E-state index contributed by atoms with van der Waals surface area (Å²) < 4.78 is 0. The molecule has 4 heteroatoms. The van der Waals surface area contributed by atoms with Crippen LogP contribution in [0.2, 0.25) is 0 Å². The third kappa shape index (κ3) is 2.65. The van der Waals surface area contributed by atoms with Gasteiger partial charge in [-0.25, -0.2) is 4.98 Å². The topological polar surface area (TPSA) is 42.2 Å². The van der Waals surface area contributed by atoms with Crippen molar-refractivity contribution in [3.63, 3.8) is 0 Å². The van der Waals surface area contributed by atoms with Gasteiger partial charge in [-0.15, -0.1) is 11.3 Å². The first-order chi connectivity index (χ1) is 8.22. The summed E-state index contributed by atoms with van der Waals surface area (Å²) in [6, 6.07) is 8.26. The Bertz CT molecular complexity index is 493. The van der Waals surface area contributed by atoms with Gasteiger partial charge in [0.05, 0.1) is 17.7 Å². The Labute approximate surface area is 106 Å². The summed E-state index contributed by atoms with van der Waals surface area (Å²) in [5, 5.41) is 0. The fourth-order valence-corrected chi connectivity index (χ4v) is 2.66. The number of hydrogen-bond acceptors (Lipinski definition) is 4. The van der Waals surface area contributed by atoms with Crippen molar-refractivity contribution in [1.29, 1.82) is 0 Å². The molecule has 0 atom stereocenters. The van der Waals surface area contributed by atoms with E-state index in [1.807, 2.05) is 17.6 Å². The van der Waals surface area contributed by atoms with E-state index in [2.05, 4.69) is 36.0 Å². The molecule has 90 valence electrons. The minimum Gasteiger partial charge on any atom is -0.369 e. The number of nitrogens with zero attached hydrogens (tertiary/aromatic N) is 2. The maximum Gasteiger partial charge on any atom is 0.0798 e. The monoisotopic (exact) mass is 247 g/mol. The second-order valence-electron chi connectivity index (χ2n) is 4.05. The highest BCUT2D eigenvalue weighted by molar-refractivity contribution is 7.09. The molecule has 2 N–H and O–H groups in total. The lowest BCUT2D eigenvalue weighted by atomic mass is 10.1. The fourth-order valence-electron chi connectivity index (χ4n) is 1.83. The first kappa shape index (κ1) is 12.1. The molecule has 0 aliphatic heterocycles. The van der Waals surface area contributed by atoms with Gasteiger partial charge in [0.15, 0.2) is 0 Å². The van der Waals surface area contributed by atoms with Crippen molar-refractivity contribution in [2.75, 3.05) is 11.9 Å². The van der Waals surface area contributed by atoms with Crippen LogP contribution in [0.15, 0.2) is 29.8 Å². The zero-order valence-corrected chi connectivity index (χ0v) is 11.0. The van der Waals surface area contributed by atoms with Crippen molar-refractivity contribution in [2.45, 2.75) is 20.0 Å². The van der Waals surface area contributed by atoms with Crippen LogP contribution in [0, 0.1) is 6.92 Å². The average molecular weight is 247 g/mol. The molecule has 0 radical (unpaired) electrons. The molecule has 0 saturated carbocycles. The largest absolute Gasteiger partial charge is 0.369 e. The molecule has 0 unspecified atom stereocenters. The smallest absolute Gasteiger partial charge is 0.0798 e. The van der Waals surface area contributed by atoms with Crippen LogP contribution in [-0.4, -0.2) is 12.0 Å². The van der Waals surface area contributed by atoms with Gasteiger partial charge in [-0.05, 0) is 18.6 Å². The van der Waals surface area contributed by atoms with Crippen LogP contribution < -0.4 is 10.6 Å². The second-order valence-corrected chi connectivity index (χ2v) is 4.99. The first-order valence-electron chi connectivity index (χ1n) is 5.60. The molecule has 0 saturated heterocycles. The molecule has 2 aromatic rings. The molecule has 1 aromatic heterocycles. The number of benzene rings is 1. The summed E-state index contributed by atoms with van der Waals surface area (Å²) in [7, 11) is 2.09. The van der Waals surface area contributed by atoms with E-state index in [0.29, 0.717) is 6.54 Å². The lowest BCUT2D eigenvalue weighted by Crippen LogP contribution is -2.18. The van der Waals surface area contributed by atoms with Crippen molar-refractivity contribution in [2.24, 2.45) is 5.73 Å². The Kier molecular flexibility index (Phi) is 3.76. The van der Waals surface area contributed by atoms with Gasteiger partial charge >= 0.3 is 0 Å². The molecule has 1 heterocycles. The fraction of sp³-hybridized carbons (Fsp3) is 0.308. The Hall–Kier alpha value is -1.39. The van der Waals surface area contributed by atoms with E-state index >= 15 is 0 Å². The lowest BCUT2D eigenvalue weighted by molar-refractivity contribution is 0.907. The minimum absolute atomic E-state index is 0.572. The summed E-state index contributed by atoms with van der Waals surface area (Å²) in [6.45, 7) is 3.50. The van der Waals surface area contributed by atoms with Gasteiger partial charge in [-0.2, -0.15) is 0 Å². The van der Waals surface area contributed by atoms with Gasteiger partial charge in [0.1, 0.15) is 0 Å². The Morgan fingerprint density at radius 3 is 2.76 bits per heavy atom. The molecule has 1 aromatic carbocycles. The third-order valence-electron chi connectivity index (χ3n) is 2.85. The quantitative estimate of drug-likeness (QED) is 0.903. The van der Waals surface area contributed by atoms with Gasteiger partial charge < -0.3 is 10.6 Å². The molecule has 0 amide bonds. The van der Waals surface area contributed by atoms with Crippen molar-refractivity contribution in [1.82, 2.24) is 4.98 Å². The summed E-state index contributed by atoms with van der Waals surface area (Å²) in [5.74, 6) is 0. The molecular weight excluding hydrogens is 230 g/mol. The van der Waals surface area contributed by atoms with Crippen LogP contribution in [0.3, 0.4) is 0 Å². The molecule has 3 nitrogen and oxygen atoms in total. The number of para-hydroxylation sites is 1. The first-order valence-corrected chi connectivity index (χ1v) is 6.48. The van der Waals surface area contributed by atoms with E-state index in [1.54, 1.807) is 11.3 Å². The number of aromatic nitrogens is 1. The van der Waals surface area contributed by atoms with E-state index in [-0.39, 0.29) is 0 Å². The minimum atomic E-state index is 0.572. The zero-order valence-electron chi connectivity index (χ0n) is 10.2. The standard InChI is InChI=1S/C13H17N3S/c1-10-13(17-9-15-10)8-16(2)12-6-4-3-5-11(12)7-14/h3-6,9H,7-8,14H2,1-2H3. The van der Waals surface area contributed by atoms with Crippen LogP contribution >= 0.6 is 11.3 Å². The highest BCUT2D eigenvalue weighted by atomic mass is 32.1. The maximum atomic E-state index is 5.76. The molecule has 0 aliphatic rings. The summed E-state index contributed by atoms with van der Waals surface area (Å²) in [6.07, 6.45) is 0. The highest BCUT2D eigenvalue weighted by Crippen LogP contribution is 2.22.